The molecule has 0 aliphatic heterocycles. The molecule has 0 fully saturated rings. The quantitative estimate of drug-likeness (QED) is 0.635. The Kier molecular flexibility index (Phi) is 4.18. The Morgan fingerprint density at radius 2 is 2.11 bits per heavy atom. The molecule has 0 saturated carbocycles. The standard InChI is InChI=1S/C12H13F2N2O.Y/c1-11(10(17)16-2)6-7-3-4-8(15)5-9(7)12(11,13)14;/h3-5H,1,6,15H2,2H3,(H,16,17);/q-1;/p-1. The summed E-state index contributed by atoms with van der Waals surface area (Å²) in [4.78, 5) is 11.6. The summed E-state index contributed by atoms with van der Waals surface area (Å²) in [5.41, 5.74) is 3.87. The maximum absolute atomic E-state index is 14.2. The van der Waals surface area contributed by atoms with Gasteiger partial charge in [-0.15, -0.1) is 7.05 Å². The van der Waals surface area contributed by atoms with Crippen molar-refractivity contribution in [1.29, 1.82) is 0 Å². The SMILES string of the molecule is [CH2-]C1(C(=O)[N-]C)Cc2ccc(N)cc2C1(F)F.[Y]. The van der Waals surface area contributed by atoms with Crippen molar-refractivity contribution in [2.45, 2.75) is 12.3 Å². The molecule has 1 atom stereocenters. The van der Waals surface area contributed by atoms with Crippen LogP contribution in [0.3, 0.4) is 0 Å². The number of hydrogen-bond donors (Lipinski definition) is 1. The van der Waals surface area contributed by atoms with Crippen LogP contribution in [-0.2, 0) is 49.8 Å². The van der Waals surface area contributed by atoms with E-state index in [1.165, 1.54) is 25.2 Å². The molecule has 0 heterocycles. The molecule has 0 aromatic heterocycles. The smallest absolute Gasteiger partial charge is 0.257 e. The van der Waals surface area contributed by atoms with Gasteiger partial charge in [-0.3, -0.25) is 0 Å². The number of nitrogens with two attached hydrogens (primary N) is 1. The van der Waals surface area contributed by atoms with Gasteiger partial charge in [0.25, 0.3) is 5.92 Å². The number of hydrogen-bond acceptors (Lipinski definition) is 2. The fourth-order valence-electron chi connectivity index (χ4n) is 2.16. The van der Waals surface area contributed by atoms with Gasteiger partial charge >= 0.3 is 0 Å². The number of anilines is 1. The van der Waals surface area contributed by atoms with Crippen molar-refractivity contribution in [3.63, 3.8) is 0 Å². The van der Waals surface area contributed by atoms with Crippen LogP contribution in [0, 0.1) is 12.3 Å². The molecule has 0 saturated heterocycles. The molecule has 2 N–H and O–H groups in total. The third-order valence-electron chi connectivity index (χ3n) is 3.18. The minimum absolute atomic E-state index is 0. The van der Waals surface area contributed by atoms with Crippen LogP contribution in [0.1, 0.15) is 11.1 Å². The van der Waals surface area contributed by atoms with Crippen molar-refractivity contribution in [2.24, 2.45) is 5.41 Å². The first-order valence-corrected chi connectivity index (χ1v) is 5.09. The number of fused-ring (bicyclic) bond motifs is 1. The van der Waals surface area contributed by atoms with Gasteiger partial charge in [0.2, 0.25) is 0 Å². The number of carbonyl (C=O) groups excluding carboxylic acids is 1. The van der Waals surface area contributed by atoms with Gasteiger partial charge in [0.1, 0.15) is 0 Å². The van der Waals surface area contributed by atoms with E-state index in [1.54, 1.807) is 0 Å². The molecule has 1 aromatic carbocycles. The van der Waals surface area contributed by atoms with Gasteiger partial charge in [-0.05, 0) is 29.5 Å². The van der Waals surface area contributed by atoms with Gasteiger partial charge in [0.05, 0.1) is 0 Å². The minimum Gasteiger partial charge on any atom is -0.658 e. The van der Waals surface area contributed by atoms with Crippen LogP contribution in [0.25, 0.3) is 5.32 Å². The third kappa shape index (κ3) is 1.97. The van der Waals surface area contributed by atoms with Gasteiger partial charge in [0.15, 0.2) is 0 Å². The number of alkyl halides is 2. The molecule has 0 spiro atoms. The summed E-state index contributed by atoms with van der Waals surface area (Å²) in [5, 5.41) is 3.33. The zero-order valence-corrected chi connectivity index (χ0v) is 12.8. The average molecular weight is 327 g/mol. The molecule has 3 nitrogen and oxygen atoms in total. The molecule has 0 bridgehead atoms. The fraction of sp³-hybridized carbons (Fsp3) is 0.333. The predicted octanol–water partition coefficient (Wildman–Crippen LogP) is 2.26. The Morgan fingerprint density at radius 1 is 1.50 bits per heavy atom. The van der Waals surface area contributed by atoms with E-state index in [0.29, 0.717) is 5.56 Å². The van der Waals surface area contributed by atoms with Crippen LogP contribution in [0.5, 0.6) is 0 Å². The molecule has 2 rings (SSSR count). The normalized spacial score (nSPS) is 24.0. The van der Waals surface area contributed by atoms with Crippen molar-refractivity contribution in [2.75, 3.05) is 12.8 Å². The van der Waals surface area contributed by atoms with Crippen molar-refractivity contribution in [3.8, 4) is 0 Å². The van der Waals surface area contributed by atoms with Crippen LogP contribution < -0.4 is 5.73 Å². The maximum atomic E-state index is 14.2. The van der Waals surface area contributed by atoms with E-state index in [2.05, 4.69) is 12.2 Å². The van der Waals surface area contributed by atoms with E-state index in [9.17, 15) is 13.6 Å². The summed E-state index contributed by atoms with van der Waals surface area (Å²) in [7, 11) is 1.20. The molecule has 1 amide bonds. The Hall–Kier alpha value is -0.546. The average Bonchev–Trinajstić information content (AvgIpc) is 2.48. The topological polar surface area (TPSA) is 57.2 Å². The van der Waals surface area contributed by atoms with E-state index >= 15 is 0 Å². The second-order valence-electron chi connectivity index (χ2n) is 4.28. The minimum atomic E-state index is -3.34. The fourth-order valence-corrected chi connectivity index (χ4v) is 2.16. The second-order valence-corrected chi connectivity index (χ2v) is 4.28. The van der Waals surface area contributed by atoms with Crippen LogP contribution >= 0.6 is 0 Å². The number of carbonyl (C=O) groups is 1. The molecule has 1 radical (unpaired) electrons. The van der Waals surface area contributed by atoms with Gasteiger partial charge in [-0.2, -0.15) is 0 Å². The van der Waals surface area contributed by atoms with Crippen molar-refractivity contribution < 1.29 is 46.3 Å². The Labute approximate surface area is 129 Å². The van der Waals surface area contributed by atoms with Crippen LogP contribution in [0.2, 0.25) is 0 Å². The Morgan fingerprint density at radius 3 is 2.67 bits per heavy atom. The van der Waals surface area contributed by atoms with Crippen LogP contribution in [-0.4, -0.2) is 13.0 Å². The number of halogens is 2. The molecule has 1 aromatic rings. The summed E-state index contributed by atoms with van der Waals surface area (Å²) in [6.45, 7) is 3.40. The maximum Gasteiger partial charge on any atom is 0.257 e. The molecule has 1 unspecified atom stereocenters. The van der Waals surface area contributed by atoms with Gasteiger partial charge in [-0.25, -0.2) is 8.78 Å². The molecule has 1 aliphatic carbocycles. The second kappa shape index (κ2) is 4.85. The molecule has 95 valence electrons. The molecular formula is C12H12F2N2OY-2. The molecular weight excluding hydrogens is 315 g/mol. The van der Waals surface area contributed by atoms with Crippen molar-refractivity contribution in [3.05, 3.63) is 41.6 Å². The van der Waals surface area contributed by atoms with Crippen LogP contribution in [0.15, 0.2) is 18.2 Å². The number of rotatable bonds is 1. The van der Waals surface area contributed by atoms with Crippen molar-refractivity contribution >= 4 is 11.6 Å². The number of nitrogens with zero attached hydrogens (tertiary/aromatic N) is 1. The summed E-state index contributed by atoms with van der Waals surface area (Å²) < 4.78 is 28.4. The zero-order valence-electron chi connectivity index (χ0n) is 9.91. The number of amides is 1. The van der Waals surface area contributed by atoms with Gasteiger partial charge < -0.3 is 22.8 Å². The van der Waals surface area contributed by atoms with Gasteiger partial charge in [-0.1, -0.05) is 6.07 Å². The van der Waals surface area contributed by atoms with Crippen LogP contribution in [0.4, 0.5) is 14.5 Å². The zero-order chi connectivity index (χ0) is 12.8. The van der Waals surface area contributed by atoms with Gasteiger partial charge in [0, 0.05) is 49.9 Å². The van der Waals surface area contributed by atoms with E-state index < -0.39 is 17.2 Å². The number of nitrogen functional groups attached to an aromatic ring is 1. The first-order chi connectivity index (χ1) is 7.83. The predicted molar refractivity (Wildman–Crippen MR) is 60.5 cm³/mol. The Balaban J connectivity index is 0.00000162. The van der Waals surface area contributed by atoms with E-state index in [1.807, 2.05) is 0 Å². The summed E-state index contributed by atoms with van der Waals surface area (Å²) in [6, 6.07) is 4.24. The molecule has 1 aliphatic rings. The monoisotopic (exact) mass is 327 g/mol. The summed E-state index contributed by atoms with van der Waals surface area (Å²) >= 11 is 0. The third-order valence-corrected chi connectivity index (χ3v) is 3.18. The van der Waals surface area contributed by atoms with Crippen molar-refractivity contribution in [1.82, 2.24) is 0 Å². The molecule has 18 heavy (non-hydrogen) atoms. The largest absolute Gasteiger partial charge is 0.658 e. The van der Waals surface area contributed by atoms with E-state index in [0.717, 1.165) is 0 Å². The first-order valence-electron chi connectivity index (χ1n) is 5.09. The summed E-state index contributed by atoms with van der Waals surface area (Å²) in [5.74, 6) is -4.23. The first kappa shape index (κ1) is 15.5. The Bertz CT molecular complexity index is 493. The number of benzene rings is 1. The summed E-state index contributed by atoms with van der Waals surface area (Å²) in [6.07, 6.45) is -0.119. The van der Waals surface area contributed by atoms with E-state index in [-0.39, 0.29) is 50.4 Å². The molecule has 6 heteroatoms. The van der Waals surface area contributed by atoms with E-state index in [4.69, 9.17) is 5.73 Å².